The molecular weight excluding hydrogens is 302 g/mol. The van der Waals surface area contributed by atoms with Gasteiger partial charge in [-0.3, -0.25) is 9.11 Å². The van der Waals surface area contributed by atoms with E-state index in [0.29, 0.717) is 0 Å². The van der Waals surface area contributed by atoms with Gasteiger partial charge in [0.15, 0.2) is 0 Å². The molecule has 22 heavy (non-hydrogen) atoms. The van der Waals surface area contributed by atoms with E-state index in [0.717, 1.165) is 0 Å². The second kappa shape index (κ2) is 14.4. The molecule has 0 saturated carbocycles. The van der Waals surface area contributed by atoms with Crippen molar-refractivity contribution in [3.8, 4) is 0 Å². The van der Waals surface area contributed by atoms with Gasteiger partial charge in [0.1, 0.15) is 0 Å². The highest BCUT2D eigenvalue weighted by Gasteiger charge is 2.08. The standard InChI is InChI=1S/C16H35N.H2O4S/c1-4-5-6-7-8-9-10-11-12-13-14-15-16(2,3)17;1-5(2,3)4/h4-15,17H2,1-3H3;(H2,1,2,3,4). The van der Waals surface area contributed by atoms with Crippen LogP contribution in [0.15, 0.2) is 0 Å². The predicted molar refractivity (Wildman–Crippen MR) is 93.5 cm³/mol. The van der Waals surface area contributed by atoms with E-state index >= 15 is 0 Å². The predicted octanol–water partition coefficient (Wildman–Crippen LogP) is 4.77. The summed E-state index contributed by atoms with van der Waals surface area (Å²) in [5.74, 6) is 0. The summed E-state index contributed by atoms with van der Waals surface area (Å²) in [5, 5.41) is 0. The third-order valence-electron chi connectivity index (χ3n) is 3.42. The fourth-order valence-corrected chi connectivity index (χ4v) is 2.24. The van der Waals surface area contributed by atoms with Crippen LogP contribution >= 0.6 is 0 Å². The lowest BCUT2D eigenvalue weighted by Crippen LogP contribution is -2.31. The molecule has 0 radical (unpaired) electrons. The van der Waals surface area contributed by atoms with Gasteiger partial charge in [-0.15, -0.1) is 0 Å². The van der Waals surface area contributed by atoms with E-state index < -0.39 is 10.4 Å². The second-order valence-electron chi connectivity index (χ2n) is 6.72. The van der Waals surface area contributed by atoms with Gasteiger partial charge in [-0.2, -0.15) is 8.42 Å². The van der Waals surface area contributed by atoms with Gasteiger partial charge < -0.3 is 5.73 Å². The van der Waals surface area contributed by atoms with Crippen LogP contribution < -0.4 is 5.73 Å². The molecule has 0 aromatic carbocycles. The van der Waals surface area contributed by atoms with Crippen LogP contribution in [0.1, 0.15) is 97.8 Å². The topological polar surface area (TPSA) is 101 Å². The summed E-state index contributed by atoms with van der Waals surface area (Å²) in [6.45, 7) is 6.54. The van der Waals surface area contributed by atoms with Crippen LogP contribution in [0.3, 0.4) is 0 Å². The Kier molecular flexibility index (Phi) is 15.8. The first-order valence-corrected chi connectivity index (χ1v) is 9.94. The summed E-state index contributed by atoms with van der Waals surface area (Å²) < 4.78 is 31.6. The maximum absolute atomic E-state index is 8.74. The highest BCUT2D eigenvalue weighted by molar-refractivity contribution is 7.79. The van der Waals surface area contributed by atoms with Gasteiger partial charge >= 0.3 is 10.4 Å². The average molecular weight is 340 g/mol. The van der Waals surface area contributed by atoms with E-state index in [1.165, 1.54) is 77.0 Å². The number of nitrogens with two attached hydrogens (primary N) is 1. The lowest BCUT2D eigenvalue weighted by molar-refractivity contribution is 0.381. The molecule has 0 aliphatic rings. The van der Waals surface area contributed by atoms with Crippen LogP contribution in [0.5, 0.6) is 0 Å². The van der Waals surface area contributed by atoms with Crippen molar-refractivity contribution in [1.82, 2.24) is 0 Å². The SMILES string of the molecule is CCCCCCCCCCCCCC(C)(C)N.O=S(=O)(O)O. The van der Waals surface area contributed by atoms with Crippen molar-refractivity contribution in [1.29, 1.82) is 0 Å². The largest absolute Gasteiger partial charge is 0.394 e. The molecule has 0 bridgehead atoms. The Morgan fingerprint density at radius 2 is 1.05 bits per heavy atom. The van der Waals surface area contributed by atoms with Gasteiger partial charge in [0.25, 0.3) is 0 Å². The molecule has 0 rings (SSSR count). The third-order valence-corrected chi connectivity index (χ3v) is 3.42. The summed E-state index contributed by atoms with van der Waals surface area (Å²) in [7, 11) is -4.67. The highest BCUT2D eigenvalue weighted by Crippen LogP contribution is 2.14. The molecule has 5 nitrogen and oxygen atoms in total. The van der Waals surface area contributed by atoms with Crippen molar-refractivity contribution in [3.05, 3.63) is 0 Å². The maximum Gasteiger partial charge on any atom is 0.394 e. The average Bonchev–Trinajstić information content (AvgIpc) is 2.32. The highest BCUT2D eigenvalue weighted by atomic mass is 32.3. The smallest absolute Gasteiger partial charge is 0.326 e. The lowest BCUT2D eigenvalue weighted by Gasteiger charge is -2.17. The molecule has 0 unspecified atom stereocenters. The molecular formula is C16H37NO4S. The van der Waals surface area contributed by atoms with Gasteiger partial charge in [0.05, 0.1) is 0 Å². The fraction of sp³-hybridized carbons (Fsp3) is 1.00. The van der Waals surface area contributed by atoms with Crippen LogP contribution in [0.25, 0.3) is 0 Å². The quantitative estimate of drug-likeness (QED) is 0.351. The monoisotopic (exact) mass is 339 g/mol. The molecule has 0 aromatic heterocycles. The Hall–Kier alpha value is -0.170. The number of rotatable bonds is 12. The Morgan fingerprint density at radius 3 is 1.32 bits per heavy atom. The molecule has 0 aliphatic heterocycles. The van der Waals surface area contributed by atoms with Crippen LogP contribution in [-0.2, 0) is 10.4 Å². The molecule has 6 heteroatoms. The van der Waals surface area contributed by atoms with E-state index in [1.807, 2.05) is 0 Å². The van der Waals surface area contributed by atoms with Gasteiger partial charge in [0, 0.05) is 5.54 Å². The molecule has 0 heterocycles. The van der Waals surface area contributed by atoms with Crippen molar-refractivity contribution < 1.29 is 17.5 Å². The molecule has 0 aromatic rings. The second-order valence-corrected chi connectivity index (χ2v) is 7.62. The van der Waals surface area contributed by atoms with E-state index in [4.69, 9.17) is 23.3 Å². The van der Waals surface area contributed by atoms with Gasteiger partial charge in [0.2, 0.25) is 0 Å². The lowest BCUT2D eigenvalue weighted by atomic mass is 9.97. The van der Waals surface area contributed by atoms with E-state index in [9.17, 15) is 0 Å². The first kappa shape index (κ1) is 24.1. The molecule has 0 saturated heterocycles. The number of hydrogen-bond donors (Lipinski definition) is 3. The van der Waals surface area contributed by atoms with Gasteiger partial charge in [-0.25, -0.2) is 0 Å². The minimum Gasteiger partial charge on any atom is -0.326 e. The third kappa shape index (κ3) is 36.8. The molecule has 4 N–H and O–H groups in total. The van der Waals surface area contributed by atoms with Crippen molar-refractivity contribution in [2.45, 2.75) is 103 Å². The molecule has 136 valence electrons. The Bertz CT molecular complexity index is 316. The van der Waals surface area contributed by atoms with Crippen LogP contribution in [0.2, 0.25) is 0 Å². The van der Waals surface area contributed by atoms with Crippen molar-refractivity contribution in [2.75, 3.05) is 0 Å². The normalized spacial score (nSPS) is 11.9. The van der Waals surface area contributed by atoms with E-state index in [1.54, 1.807) is 0 Å². The van der Waals surface area contributed by atoms with E-state index in [2.05, 4.69) is 20.8 Å². The van der Waals surface area contributed by atoms with Crippen molar-refractivity contribution in [3.63, 3.8) is 0 Å². The molecule has 0 fully saturated rings. The molecule has 0 aliphatic carbocycles. The Labute approximate surface area is 137 Å². The van der Waals surface area contributed by atoms with Crippen LogP contribution in [0.4, 0.5) is 0 Å². The minimum atomic E-state index is -4.67. The first-order chi connectivity index (χ1) is 10.1. The Balaban J connectivity index is 0. The zero-order valence-electron chi connectivity index (χ0n) is 14.7. The van der Waals surface area contributed by atoms with Crippen LogP contribution in [-0.4, -0.2) is 23.1 Å². The number of unbranched alkanes of at least 4 members (excludes halogenated alkanes) is 10. The Morgan fingerprint density at radius 1 is 0.773 bits per heavy atom. The maximum atomic E-state index is 8.74. The minimum absolute atomic E-state index is 0.0410. The molecule has 0 spiro atoms. The summed E-state index contributed by atoms with van der Waals surface area (Å²) in [5.41, 5.74) is 6.00. The summed E-state index contributed by atoms with van der Waals surface area (Å²) in [4.78, 5) is 0. The molecule has 0 atom stereocenters. The zero-order valence-corrected chi connectivity index (χ0v) is 15.5. The van der Waals surface area contributed by atoms with E-state index in [-0.39, 0.29) is 5.54 Å². The summed E-state index contributed by atoms with van der Waals surface area (Å²) in [6, 6.07) is 0. The first-order valence-electron chi connectivity index (χ1n) is 8.55. The zero-order chi connectivity index (χ0) is 17.5. The fourth-order valence-electron chi connectivity index (χ4n) is 2.24. The van der Waals surface area contributed by atoms with Crippen molar-refractivity contribution >= 4 is 10.4 Å². The summed E-state index contributed by atoms with van der Waals surface area (Å²) in [6.07, 6.45) is 16.7. The molecule has 0 amide bonds. The van der Waals surface area contributed by atoms with Crippen molar-refractivity contribution in [2.24, 2.45) is 5.73 Å². The summed E-state index contributed by atoms with van der Waals surface area (Å²) >= 11 is 0. The van der Waals surface area contributed by atoms with Gasteiger partial charge in [-0.05, 0) is 20.3 Å². The van der Waals surface area contributed by atoms with Gasteiger partial charge in [-0.1, -0.05) is 77.6 Å². The number of hydrogen-bond acceptors (Lipinski definition) is 3. The van der Waals surface area contributed by atoms with Crippen LogP contribution in [0, 0.1) is 0 Å².